The molecule has 156 valence electrons. The summed E-state index contributed by atoms with van der Waals surface area (Å²) in [5.41, 5.74) is 0.338. The summed E-state index contributed by atoms with van der Waals surface area (Å²) in [4.78, 5) is 32.4. The number of rotatable bonds is 7. The normalized spacial score (nSPS) is 9.59. The standard InChI is InChI=1S/C10H11NO5.C10H12O3/c1-6(12)7-4-9(15-2)10(16-3)5-8(7)11(13)14;1-7(11)8-4-5-9(12-2)10(6-8)13-3/h4-5H,1-3H3;4-6H,1-3H3. The van der Waals surface area contributed by atoms with E-state index in [1.54, 1.807) is 32.4 Å². The molecule has 2 aromatic rings. The van der Waals surface area contributed by atoms with E-state index < -0.39 is 10.7 Å². The molecule has 0 saturated carbocycles. The first-order valence-corrected chi connectivity index (χ1v) is 8.34. The second-order valence-electron chi connectivity index (χ2n) is 5.66. The fraction of sp³-hybridized carbons (Fsp3) is 0.300. The molecule has 0 saturated heterocycles. The number of nitro groups is 1. The molecule has 0 unspecified atom stereocenters. The number of carbonyl (C=O) groups is 2. The van der Waals surface area contributed by atoms with Crippen molar-refractivity contribution in [3.05, 3.63) is 51.6 Å². The molecular weight excluding hydrogens is 382 g/mol. The molecule has 0 aliphatic rings. The summed E-state index contributed by atoms with van der Waals surface area (Å²) in [5.74, 6) is 1.34. The lowest BCUT2D eigenvalue weighted by molar-refractivity contribution is -0.385. The smallest absolute Gasteiger partial charge is 0.284 e. The second-order valence-corrected chi connectivity index (χ2v) is 5.66. The summed E-state index contributed by atoms with van der Waals surface area (Å²) in [6.45, 7) is 2.77. The van der Waals surface area contributed by atoms with Gasteiger partial charge in [0.05, 0.1) is 45.0 Å². The summed E-state index contributed by atoms with van der Waals surface area (Å²) >= 11 is 0. The quantitative estimate of drug-likeness (QED) is 0.389. The van der Waals surface area contributed by atoms with E-state index in [1.807, 2.05) is 0 Å². The van der Waals surface area contributed by atoms with Gasteiger partial charge in [0.2, 0.25) is 0 Å². The van der Waals surface area contributed by atoms with E-state index in [1.165, 1.54) is 40.2 Å². The van der Waals surface area contributed by atoms with Gasteiger partial charge in [0.25, 0.3) is 5.69 Å². The van der Waals surface area contributed by atoms with Gasteiger partial charge in [-0.3, -0.25) is 19.7 Å². The number of ketones is 2. The van der Waals surface area contributed by atoms with E-state index in [0.29, 0.717) is 22.8 Å². The Hall–Kier alpha value is -3.62. The third-order valence-electron chi connectivity index (χ3n) is 3.87. The summed E-state index contributed by atoms with van der Waals surface area (Å²) in [5, 5.41) is 10.8. The summed E-state index contributed by atoms with van der Waals surface area (Å²) in [6, 6.07) is 7.58. The number of nitro benzene ring substituents is 1. The number of ether oxygens (including phenoxy) is 4. The molecule has 0 fully saturated rings. The van der Waals surface area contributed by atoms with Gasteiger partial charge in [-0.15, -0.1) is 0 Å². The number of benzene rings is 2. The van der Waals surface area contributed by atoms with Crippen molar-refractivity contribution in [3.8, 4) is 23.0 Å². The van der Waals surface area contributed by atoms with Crippen LogP contribution in [0.15, 0.2) is 30.3 Å². The Bertz CT molecular complexity index is 867. The van der Waals surface area contributed by atoms with Crippen LogP contribution in [0.2, 0.25) is 0 Å². The third-order valence-corrected chi connectivity index (χ3v) is 3.87. The molecule has 0 amide bonds. The minimum absolute atomic E-state index is 0.00245. The maximum Gasteiger partial charge on any atom is 0.284 e. The van der Waals surface area contributed by atoms with Gasteiger partial charge in [-0.25, -0.2) is 0 Å². The largest absolute Gasteiger partial charge is 0.493 e. The van der Waals surface area contributed by atoms with Crippen molar-refractivity contribution in [2.45, 2.75) is 13.8 Å². The molecule has 2 rings (SSSR count). The lowest BCUT2D eigenvalue weighted by Crippen LogP contribution is -2.02. The summed E-state index contributed by atoms with van der Waals surface area (Å²) < 4.78 is 20.0. The van der Waals surface area contributed by atoms with Crippen LogP contribution in [0.1, 0.15) is 34.6 Å². The molecule has 0 radical (unpaired) electrons. The fourth-order valence-electron chi connectivity index (χ4n) is 2.36. The number of hydrogen-bond acceptors (Lipinski definition) is 8. The van der Waals surface area contributed by atoms with Gasteiger partial charge in [-0.1, -0.05) is 0 Å². The first-order chi connectivity index (χ1) is 13.7. The van der Waals surface area contributed by atoms with E-state index in [9.17, 15) is 19.7 Å². The zero-order chi connectivity index (χ0) is 22.1. The highest BCUT2D eigenvalue weighted by Gasteiger charge is 2.21. The highest BCUT2D eigenvalue weighted by atomic mass is 16.6. The van der Waals surface area contributed by atoms with Crippen LogP contribution in [0, 0.1) is 10.1 Å². The van der Waals surface area contributed by atoms with Gasteiger partial charge in [0.15, 0.2) is 34.6 Å². The lowest BCUT2D eigenvalue weighted by Gasteiger charge is -2.08. The average Bonchev–Trinajstić information content (AvgIpc) is 2.72. The maximum atomic E-state index is 11.2. The van der Waals surface area contributed by atoms with Crippen molar-refractivity contribution in [3.63, 3.8) is 0 Å². The van der Waals surface area contributed by atoms with Gasteiger partial charge in [-0.2, -0.15) is 0 Å². The zero-order valence-electron chi connectivity index (χ0n) is 17.1. The van der Waals surface area contributed by atoms with E-state index in [4.69, 9.17) is 18.9 Å². The molecule has 0 atom stereocenters. The van der Waals surface area contributed by atoms with Gasteiger partial charge in [0.1, 0.15) is 0 Å². The fourth-order valence-corrected chi connectivity index (χ4v) is 2.36. The number of Topliss-reactive ketones (excluding diaryl/α,β-unsaturated/α-hetero) is 2. The molecule has 0 bridgehead atoms. The van der Waals surface area contributed by atoms with Crippen LogP contribution in [-0.2, 0) is 0 Å². The highest BCUT2D eigenvalue weighted by Crippen LogP contribution is 2.34. The molecule has 0 aliphatic heterocycles. The number of carbonyl (C=O) groups excluding carboxylic acids is 2. The Balaban J connectivity index is 0.000000296. The van der Waals surface area contributed by atoms with Crippen molar-refractivity contribution in [1.82, 2.24) is 0 Å². The van der Waals surface area contributed by atoms with Crippen molar-refractivity contribution < 1.29 is 33.5 Å². The first kappa shape index (κ1) is 23.4. The highest BCUT2D eigenvalue weighted by molar-refractivity contribution is 5.99. The summed E-state index contributed by atoms with van der Waals surface area (Å²) in [7, 11) is 5.87. The number of methoxy groups -OCH3 is 4. The zero-order valence-corrected chi connectivity index (χ0v) is 17.1. The van der Waals surface area contributed by atoms with Crippen LogP contribution in [0.4, 0.5) is 5.69 Å². The summed E-state index contributed by atoms with van der Waals surface area (Å²) in [6.07, 6.45) is 0. The Morgan fingerprint density at radius 2 is 1.24 bits per heavy atom. The van der Waals surface area contributed by atoms with Crippen LogP contribution in [0.25, 0.3) is 0 Å². The second kappa shape index (κ2) is 10.6. The predicted molar refractivity (Wildman–Crippen MR) is 106 cm³/mol. The van der Waals surface area contributed by atoms with Crippen LogP contribution < -0.4 is 18.9 Å². The Kier molecular flexibility index (Phi) is 8.60. The molecule has 9 nitrogen and oxygen atoms in total. The van der Waals surface area contributed by atoms with Crippen LogP contribution in [-0.4, -0.2) is 44.9 Å². The Morgan fingerprint density at radius 3 is 1.66 bits per heavy atom. The van der Waals surface area contributed by atoms with E-state index in [2.05, 4.69) is 0 Å². The molecule has 0 spiro atoms. The predicted octanol–water partition coefficient (Wildman–Crippen LogP) is 3.72. The third kappa shape index (κ3) is 5.93. The van der Waals surface area contributed by atoms with Crippen LogP contribution in [0.3, 0.4) is 0 Å². The monoisotopic (exact) mass is 405 g/mol. The van der Waals surface area contributed by atoms with Crippen molar-refractivity contribution >= 4 is 17.3 Å². The molecular formula is C20H23NO8. The molecule has 9 heteroatoms. The van der Waals surface area contributed by atoms with Gasteiger partial charge < -0.3 is 18.9 Å². The van der Waals surface area contributed by atoms with Gasteiger partial charge in [0, 0.05) is 11.6 Å². The Labute approximate surface area is 168 Å². The van der Waals surface area contributed by atoms with E-state index in [0.717, 1.165) is 0 Å². The molecule has 0 heterocycles. The molecule has 0 aliphatic carbocycles. The first-order valence-electron chi connectivity index (χ1n) is 8.34. The number of hydrogen-bond donors (Lipinski definition) is 0. The van der Waals surface area contributed by atoms with Gasteiger partial charge >= 0.3 is 0 Å². The molecule has 29 heavy (non-hydrogen) atoms. The van der Waals surface area contributed by atoms with Crippen molar-refractivity contribution in [2.75, 3.05) is 28.4 Å². The van der Waals surface area contributed by atoms with Crippen molar-refractivity contribution in [1.29, 1.82) is 0 Å². The van der Waals surface area contributed by atoms with Crippen molar-refractivity contribution in [2.24, 2.45) is 0 Å². The van der Waals surface area contributed by atoms with E-state index >= 15 is 0 Å². The minimum Gasteiger partial charge on any atom is -0.493 e. The van der Waals surface area contributed by atoms with E-state index in [-0.39, 0.29) is 22.8 Å². The average molecular weight is 405 g/mol. The van der Waals surface area contributed by atoms with Crippen LogP contribution >= 0.6 is 0 Å². The molecule has 0 N–H and O–H groups in total. The molecule has 0 aromatic heterocycles. The maximum absolute atomic E-state index is 11.2. The number of nitrogens with zero attached hydrogens (tertiary/aromatic N) is 1. The van der Waals surface area contributed by atoms with Crippen LogP contribution in [0.5, 0.6) is 23.0 Å². The topological polar surface area (TPSA) is 114 Å². The lowest BCUT2D eigenvalue weighted by atomic mass is 10.1. The Morgan fingerprint density at radius 1 is 0.759 bits per heavy atom. The van der Waals surface area contributed by atoms with Gasteiger partial charge in [-0.05, 0) is 32.0 Å². The molecule has 2 aromatic carbocycles. The SMILES string of the molecule is COc1cc(C(C)=O)c([N+](=O)[O-])cc1OC.COc1ccc(C(C)=O)cc1OC. The minimum atomic E-state index is -0.626.